The van der Waals surface area contributed by atoms with E-state index in [2.05, 4.69) is 4.98 Å². The third kappa shape index (κ3) is 3.41. The second kappa shape index (κ2) is 6.68. The van der Waals surface area contributed by atoms with Crippen LogP contribution in [0.3, 0.4) is 0 Å². The van der Waals surface area contributed by atoms with E-state index < -0.39 is 17.8 Å². The molecule has 1 aromatic carbocycles. The van der Waals surface area contributed by atoms with Gasteiger partial charge in [-0.05, 0) is 17.5 Å². The molecule has 0 unspecified atom stereocenters. The summed E-state index contributed by atoms with van der Waals surface area (Å²) in [6, 6.07) is 12.5. The zero-order valence-electron chi connectivity index (χ0n) is 13.0. The predicted octanol–water partition coefficient (Wildman–Crippen LogP) is 5.28. The van der Waals surface area contributed by atoms with Gasteiger partial charge in [0, 0.05) is 16.0 Å². The van der Waals surface area contributed by atoms with E-state index in [9.17, 15) is 18.0 Å². The molecule has 0 radical (unpaired) electrons. The van der Waals surface area contributed by atoms with Gasteiger partial charge in [0.1, 0.15) is 5.69 Å². The highest BCUT2D eigenvalue weighted by molar-refractivity contribution is 7.13. The van der Waals surface area contributed by atoms with Crippen LogP contribution in [-0.4, -0.2) is 18.1 Å². The molecule has 0 aliphatic rings. The first-order valence-electron chi connectivity index (χ1n) is 7.21. The van der Waals surface area contributed by atoms with Gasteiger partial charge < -0.3 is 4.74 Å². The van der Waals surface area contributed by atoms with Crippen molar-refractivity contribution in [3.63, 3.8) is 0 Å². The van der Waals surface area contributed by atoms with Gasteiger partial charge in [-0.3, -0.25) is 0 Å². The van der Waals surface area contributed by atoms with Gasteiger partial charge in [-0.1, -0.05) is 36.4 Å². The number of pyridine rings is 1. The number of esters is 1. The fourth-order valence-corrected chi connectivity index (χ4v) is 3.18. The van der Waals surface area contributed by atoms with E-state index in [1.807, 2.05) is 0 Å². The molecular formula is C18H12F3NO2S. The molecule has 0 N–H and O–H groups in total. The van der Waals surface area contributed by atoms with Crippen molar-refractivity contribution in [3.05, 3.63) is 65.2 Å². The molecule has 25 heavy (non-hydrogen) atoms. The van der Waals surface area contributed by atoms with Crippen molar-refractivity contribution >= 4 is 17.3 Å². The number of rotatable bonds is 3. The molecule has 0 bridgehead atoms. The van der Waals surface area contributed by atoms with Crippen LogP contribution in [-0.2, 0) is 10.9 Å². The van der Waals surface area contributed by atoms with Crippen molar-refractivity contribution in [2.24, 2.45) is 0 Å². The molecule has 0 saturated carbocycles. The Kier molecular flexibility index (Phi) is 4.59. The second-order valence-electron chi connectivity index (χ2n) is 5.11. The van der Waals surface area contributed by atoms with Gasteiger partial charge in [-0.25, -0.2) is 9.78 Å². The number of carbonyl (C=O) groups is 1. The second-order valence-corrected chi connectivity index (χ2v) is 6.06. The van der Waals surface area contributed by atoms with E-state index >= 15 is 0 Å². The minimum absolute atomic E-state index is 0.0177. The summed E-state index contributed by atoms with van der Waals surface area (Å²) in [6.45, 7) is 0. The van der Waals surface area contributed by atoms with Crippen LogP contribution >= 0.6 is 11.3 Å². The smallest absolute Gasteiger partial charge is 0.433 e. The summed E-state index contributed by atoms with van der Waals surface area (Å²) in [5.41, 5.74) is -0.521. The lowest BCUT2D eigenvalue weighted by Gasteiger charge is -2.16. The number of ether oxygens (including phenoxy) is 1. The molecule has 3 rings (SSSR count). The van der Waals surface area contributed by atoms with Crippen molar-refractivity contribution in [1.82, 2.24) is 4.98 Å². The summed E-state index contributed by atoms with van der Waals surface area (Å²) < 4.78 is 44.8. The molecule has 2 heterocycles. The molecule has 0 fully saturated rings. The van der Waals surface area contributed by atoms with Crippen molar-refractivity contribution in [3.8, 4) is 21.7 Å². The Morgan fingerprint density at radius 2 is 1.84 bits per heavy atom. The third-order valence-corrected chi connectivity index (χ3v) is 4.44. The lowest BCUT2D eigenvalue weighted by Crippen LogP contribution is -2.14. The number of aromatic nitrogens is 1. The maximum Gasteiger partial charge on any atom is 0.433 e. The fraction of sp³-hybridized carbons (Fsp3) is 0.111. The van der Waals surface area contributed by atoms with Gasteiger partial charge in [0.15, 0.2) is 0 Å². The van der Waals surface area contributed by atoms with Crippen LogP contribution in [0, 0.1) is 0 Å². The number of methoxy groups -OCH3 is 1. The monoisotopic (exact) mass is 363 g/mol. The number of thiophene rings is 1. The molecule has 0 saturated heterocycles. The average Bonchev–Trinajstić information content (AvgIpc) is 3.14. The summed E-state index contributed by atoms with van der Waals surface area (Å²) in [4.78, 5) is 16.6. The highest BCUT2D eigenvalue weighted by Gasteiger charge is 2.35. The minimum Gasteiger partial charge on any atom is -0.465 e. The fourth-order valence-electron chi connectivity index (χ4n) is 2.43. The quantitative estimate of drug-likeness (QED) is 0.594. The Labute approximate surface area is 145 Å². The topological polar surface area (TPSA) is 39.2 Å². The molecule has 0 aliphatic carbocycles. The first kappa shape index (κ1) is 17.2. The zero-order valence-corrected chi connectivity index (χ0v) is 13.8. The van der Waals surface area contributed by atoms with Gasteiger partial charge in [-0.15, -0.1) is 11.3 Å². The van der Waals surface area contributed by atoms with Gasteiger partial charge in [0.2, 0.25) is 0 Å². The Morgan fingerprint density at radius 3 is 2.40 bits per heavy atom. The van der Waals surface area contributed by atoms with Crippen LogP contribution in [0.25, 0.3) is 21.7 Å². The molecule has 0 atom stereocenters. The lowest BCUT2D eigenvalue weighted by molar-refractivity contribution is -0.141. The molecular weight excluding hydrogens is 351 g/mol. The highest BCUT2D eigenvalue weighted by Crippen LogP contribution is 2.38. The first-order valence-corrected chi connectivity index (χ1v) is 8.09. The summed E-state index contributed by atoms with van der Waals surface area (Å²) in [5, 5.41) is 1.73. The van der Waals surface area contributed by atoms with E-state index in [1.54, 1.807) is 47.8 Å². The van der Waals surface area contributed by atoms with Crippen molar-refractivity contribution in [2.75, 3.05) is 7.11 Å². The minimum atomic E-state index is -4.63. The Morgan fingerprint density at radius 1 is 1.12 bits per heavy atom. The van der Waals surface area contributed by atoms with Crippen LogP contribution in [0.4, 0.5) is 13.2 Å². The molecule has 3 aromatic rings. The average molecular weight is 363 g/mol. The van der Waals surface area contributed by atoms with Crippen LogP contribution in [0.5, 0.6) is 0 Å². The number of halogens is 3. The number of hydrogen-bond donors (Lipinski definition) is 0. The summed E-state index contributed by atoms with van der Waals surface area (Å²) in [6.07, 6.45) is -4.63. The van der Waals surface area contributed by atoms with Gasteiger partial charge in [-0.2, -0.15) is 13.2 Å². The first-order chi connectivity index (χ1) is 11.9. The summed E-state index contributed by atoms with van der Waals surface area (Å²) in [7, 11) is 1.19. The molecule has 7 heteroatoms. The molecule has 0 aliphatic heterocycles. The van der Waals surface area contributed by atoms with E-state index in [1.165, 1.54) is 18.4 Å². The number of carbonyl (C=O) groups excluding carboxylic acids is 1. The summed E-state index contributed by atoms with van der Waals surface area (Å²) in [5.74, 6) is -0.733. The molecule has 0 spiro atoms. The SMILES string of the molecule is COC(=O)c1c(-c2cccs2)cc(C(F)(F)F)nc1-c1ccccc1. The lowest BCUT2D eigenvalue weighted by atomic mass is 9.98. The molecule has 2 aromatic heterocycles. The van der Waals surface area contributed by atoms with Gasteiger partial charge in [0.25, 0.3) is 0 Å². The van der Waals surface area contributed by atoms with Crippen molar-refractivity contribution < 1.29 is 22.7 Å². The molecule has 128 valence electrons. The van der Waals surface area contributed by atoms with Crippen LogP contribution in [0.2, 0.25) is 0 Å². The molecule has 0 amide bonds. The van der Waals surface area contributed by atoms with Crippen molar-refractivity contribution in [2.45, 2.75) is 6.18 Å². The standard InChI is InChI=1S/C18H12F3NO2S/c1-24-17(23)15-12(13-8-5-9-25-13)10-14(18(19,20)21)22-16(15)11-6-3-2-4-7-11/h2-10H,1H3. The van der Waals surface area contributed by atoms with Crippen molar-refractivity contribution in [1.29, 1.82) is 0 Å². The maximum absolute atomic E-state index is 13.3. The number of hydrogen-bond acceptors (Lipinski definition) is 4. The normalized spacial score (nSPS) is 11.4. The largest absolute Gasteiger partial charge is 0.465 e. The third-order valence-electron chi connectivity index (χ3n) is 3.53. The number of benzene rings is 1. The van der Waals surface area contributed by atoms with E-state index in [0.717, 1.165) is 6.07 Å². The zero-order chi connectivity index (χ0) is 18.0. The predicted molar refractivity (Wildman–Crippen MR) is 89.3 cm³/mol. The Bertz CT molecular complexity index is 891. The van der Waals surface area contributed by atoms with Gasteiger partial charge in [0.05, 0.1) is 18.4 Å². The molecule has 3 nitrogen and oxygen atoms in total. The number of alkyl halides is 3. The van der Waals surface area contributed by atoms with Gasteiger partial charge >= 0.3 is 12.1 Å². The Hall–Kier alpha value is -2.67. The number of nitrogens with zero attached hydrogens (tertiary/aromatic N) is 1. The van der Waals surface area contributed by atoms with Crippen LogP contribution in [0.15, 0.2) is 53.9 Å². The highest BCUT2D eigenvalue weighted by atomic mass is 32.1. The van der Waals surface area contributed by atoms with E-state index in [0.29, 0.717) is 10.4 Å². The van der Waals surface area contributed by atoms with E-state index in [-0.39, 0.29) is 16.8 Å². The van der Waals surface area contributed by atoms with E-state index in [4.69, 9.17) is 4.74 Å². The maximum atomic E-state index is 13.3. The van der Waals surface area contributed by atoms with Crippen LogP contribution in [0.1, 0.15) is 16.1 Å². The Balaban J connectivity index is 2.38. The summed E-state index contributed by atoms with van der Waals surface area (Å²) >= 11 is 1.24. The van der Waals surface area contributed by atoms with Crippen LogP contribution < -0.4 is 0 Å².